The summed E-state index contributed by atoms with van der Waals surface area (Å²) in [5.41, 5.74) is 1.62. The summed E-state index contributed by atoms with van der Waals surface area (Å²) in [4.78, 5) is 0. The van der Waals surface area contributed by atoms with Crippen molar-refractivity contribution in [1.82, 2.24) is 0 Å². The van der Waals surface area contributed by atoms with Gasteiger partial charge in [0.15, 0.2) is 0 Å². The van der Waals surface area contributed by atoms with E-state index in [4.69, 9.17) is 9.47 Å². The molecule has 4 rings (SSSR count). The Bertz CT molecular complexity index is 930. The molecule has 0 aliphatic carbocycles. The van der Waals surface area contributed by atoms with Crippen molar-refractivity contribution in [1.29, 1.82) is 0 Å². The predicted octanol–water partition coefficient (Wildman–Crippen LogP) is 5.71. The van der Waals surface area contributed by atoms with Crippen molar-refractivity contribution in [2.75, 3.05) is 19.8 Å². The Morgan fingerprint density at radius 1 is 0.960 bits per heavy atom. The average Bonchev–Trinajstić information content (AvgIpc) is 2.55. The lowest BCUT2D eigenvalue weighted by atomic mass is 9.85. The number of hydrogen-bond acceptors (Lipinski definition) is 2. The van der Waals surface area contributed by atoms with Gasteiger partial charge in [-0.05, 0) is 27.8 Å². The second-order valence-corrected chi connectivity index (χ2v) is 8.70. The van der Waals surface area contributed by atoms with Crippen molar-refractivity contribution >= 4 is 21.5 Å². The molecule has 1 fully saturated rings. The van der Waals surface area contributed by atoms with Gasteiger partial charge in [-0.25, -0.2) is 0 Å². The van der Waals surface area contributed by atoms with E-state index in [1.54, 1.807) is 0 Å². The van der Waals surface area contributed by atoms with Crippen molar-refractivity contribution in [3.63, 3.8) is 0 Å². The van der Waals surface area contributed by atoms with Gasteiger partial charge < -0.3 is 9.47 Å². The highest BCUT2D eigenvalue weighted by Crippen LogP contribution is 2.38. The van der Waals surface area contributed by atoms with Crippen LogP contribution in [-0.4, -0.2) is 19.8 Å². The van der Waals surface area contributed by atoms with Crippen LogP contribution in [-0.2, 0) is 10.2 Å². The number of benzene rings is 3. The lowest BCUT2D eigenvalue weighted by Crippen LogP contribution is -2.44. The Kier molecular flexibility index (Phi) is 3.77. The van der Waals surface area contributed by atoms with Gasteiger partial charge in [0.05, 0.1) is 19.8 Å². The molecule has 0 radical (unpaired) electrons. The summed E-state index contributed by atoms with van der Waals surface area (Å²) in [6, 6.07) is 17.5. The molecule has 0 N–H and O–H groups in total. The minimum Gasteiger partial charge on any atom is -0.492 e. The largest absolute Gasteiger partial charge is 0.492 e. The van der Waals surface area contributed by atoms with Crippen molar-refractivity contribution in [3.05, 3.63) is 54.1 Å². The van der Waals surface area contributed by atoms with Gasteiger partial charge in [0.2, 0.25) is 0 Å². The molecule has 1 aliphatic rings. The molecule has 1 heterocycles. The van der Waals surface area contributed by atoms with Crippen molar-refractivity contribution in [2.45, 2.75) is 33.1 Å². The first-order valence-corrected chi connectivity index (χ1v) is 9.02. The second kappa shape index (κ2) is 5.74. The summed E-state index contributed by atoms with van der Waals surface area (Å²) in [5.74, 6) is 1.00. The minimum absolute atomic E-state index is 0.134. The number of fused-ring (bicyclic) bond motifs is 2. The van der Waals surface area contributed by atoms with Gasteiger partial charge in [0.1, 0.15) is 5.75 Å². The van der Waals surface area contributed by atoms with Crippen LogP contribution in [0.3, 0.4) is 0 Å². The summed E-state index contributed by atoms with van der Waals surface area (Å²) < 4.78 is 11.8. The summed E-state index contributed by atoms with van der Waals surface area (Å²) in [5, 5.41) is 4.85. The van der Waals surface area contributed by atoms with Crippen LogP contribution in [0.15, 0.2) is 48.5 Å². The monoisotopic (exact) mass is 334 g/mol. The highest BCUT2D eigenvalue weighted by molar-refractivity contribution is 6.05. The maximum Gasteiger partial charge on any atom is 0.134 e. The third-order valence-corrected chi connectivity index (χ3v) is 5.14. The molecule has 25 heavy (non-hydrogen) atoms. The van der Waals surface area contributed by atoms with Crippen LogP contribution in [0.25, 0.3) is 21.5 Å². The molecule has 0 saturated carbocycles. The summed E-state index contributed by atoms with van der Waals surface area (Å²) in [7, 11) is 0. The van der Waals surface area contributed by atoms with E-state index in [2.05, 4.69) is 76.2 Å². The van der Waals surface area contributed by atoms with E-state index >= 15 is 0 Å². The third-order valence-electron chi connectivity index (χ3n) is 5.14. The summed E-state index contributed by atoms with van der Waals surface area (Å²) >= 11 is 0. The van der Waals surface area contributed by atoms with E-state index in [-0.39, 0.29) is 10.8 Å². The fourth-order valence-corrected chi connectivity index (χ4v) is 3.43. The lowest BCUT2D eigenvalue weighted by molar-refractivity contribution is -0.120. The van der Waals surface area contributed by atoms with Crippen molar-refractivity contribution in [2.24, 2.45) is 5.41 Å². The number of hydrogen-bond donors (Lipinski definition) is 0. The Morgan fingerprint density at radius 2 is 1.68 bits per heavy atom. The SMILES string of the molecule is CC1(COc2c3ccccc3cc3cc(C(C)(C)C)ccc23)COC1. The number of ether oxygens (including phenoxy) is 2. The third kappa shape index (κ3) is 3.00. The zero-order valence-electron chi connectivity index (χ0n) is 15.6. The first-order chi connectivity index (χ1) is 11.9. The highest BCUT2D eigenvalue weighted by Gasteiger charge is 2.34. The molecule has 0 spiro atoms. The van der Waals surface area contributed by atoms with Gasteiger partial charge in [-0.3, -0.25) is 0 Å². The molecule has 1 saturated heterocycles. The van der Waals surface area contributed by atoms with Gasteiger partial charge in [-0.15, -0.1) is 0 Å². The molecule has 0 unspecified atom stereocenters. The van der Waals surface area contributed by atoms with Gasteiger partial charge in [0, 0.05) is 16.2 Å². The molecule has 0 bridgehead atoms. The Morgan fingerprint density at radius 3 is 2.36 bits per heavy atom. The molecule has 0 aromatic heterocycles. The van der Waals surface area contributed by atoms with E-state index < -0.39 is 0 Å². The molecule has 130 valence electrons. The molecule has 2 heteroatoms. The Balaban J connectivity index is 1.86. The normalized spacial score (nSPS) is 16.8. The van der Waals surface area contributed by atoms with Crippen molar-refractivity contribution in [3.8, 4) is 5.75 Å². The fourth-order valence-electron chi connectivity index (χ4n) is 3.43. The molecule has 3 aromatic rings. The van der Waals surface area contributed by atoms with Crippen LogP contribution in [0.2, 0.25) is 0 Å². The topological polar surface area (TPSA) is 18.5 Å². The van der Waals surface area contributed by atoms with Crippen LogP contribution in [0.5, 0.6) is 5.75 Å². The van der Waals surface area contributed by atoms with E-state index in [9.17, 15) is 0 Å². The molecular weight excluding hydrogens is 308 g/mol. The fraction of sp³-hybridized carbons (Fsp3) is 0.391. The Labute approximate surface area is 149 Å². The lowest BCUT2D eigenvalue weighted by Gasteiger charge is -2.37. The second-order valence-electron chi connectivity index (χ2n) is 8.70. The molecular formula is C23H26O2. The highest BCUT2D eigenvalue weighted by atomic mass is 16.5. The van der Waals surface area contributed by atoms with Gasteiger partial charge in [-0.2, -0.15) is 0 Å². The van der Waals surface area contributed by atoms with Crippen LogP contribution in [0.4, 0.5) is 0 Å². The van der Waals surface area contributed by atoms with Crippen LogP contribution in [0.1, 0.15) is 33.3 Å². The van der Waals surface area contributed by atoms with Crippen LogP contribution >= 0.6 is 0 Å². The molecule has 1 aliphatic heterocycles. The minimum atomic E-state index is 0.134. The predicted molar refractivity (Wildman–Crippen MR) is 105 cm³/mol. The Hall–Kier alpha value is -2.06. The molecule has 0 atom stereocenters. The van der Waals surface area contributed by atoms with E-state index in [1.807, 2.05) is 0 Å². The van der Waals surface area contributed by atoms with Gasteiger partial charge in [-0.1, -0.05) is 70.2 Å². The zero-order chi connectivity index (χ0) is 17.7. The summed E-state index contributed by atoms with van der Waals surface area (Å²) in [6.45, 7) is 11.2. The number of rotatable bonds is 3. The first kappa shape index (κ1) is 16.4. The van der Waals surface area contributed by atoms with E-state index in [0.29, 0.717) is 6.61 Å². The first-order valence-electron chi connectivity index (χ1n) is 9.02. The molecule has 2 nitrogen and oxygen atoms in total. The molecule has 0 amide bonds. The van der Waals surface area contributed by atoms with Crippen molar-refractivity contribution < 1.29 is 9.47 Å². The van der Waals surface area contributed by atoms with Crippen LogP contribution in [0, 0.1) is 5.41 Å². The van der Waals surface area contributed by atoms with Gasteiger partial charge in [0.25, 0.3) is 0 Å². The molecule has 3 aromatic carbocycles. The van der Waals surface area contributed by atoms with E-state index in [0.717, 1.165) is 19.0 Å². The maximum atomic E-state index is 6.38. The quantitative estimate of drug-likeness (QED) is 0.572. The average molecular weight is 334 g/mol. The standard InChI is InChI=1S/C23H26O2/c1-22(2,3)18-9-10-20-17(12-18)11-16-7-5-6-8-19(16)21(20)25-15-23(4)13-24-14-23/h5-12H,13-15H2,1-4H3. The maximum absolute atomic E-state index is 6.38. The van der Waals surface area contributed by atoms with Gasteiger partial charge >= 0.3 is 0 Å². The summed E-state index contributed by atoms with van der Waals surface area (Å²) in [6.07, 6.45) is 0. The smallest absolute Gasteiger partial charge is 0.134 e. The van der Waals surface area contributed by atoms with Crippen LogP contribution < -0.4 is 4.74 Å². The van der Waals surface area contributed by atoms with E-state index in [1.165, 1.54) is 27.1 Å². The zero-order valence-corrected chi connectivity index (χ0v) is 15.6.